The van der Waals surface area contributed by atoms with Gasteiger partial charge in [0.15, 0.2) is 0 Å². The number of carbonyl (C=O) groups is 1. The lowest BCUT2D eigenvalue weighted by atomic mass is 9.84. The first-order chi connectivity index (χ1) is 13.0. The number of hydrogen-bond acceptors (Lipinski definition) is 4. The molecule has 2 aromatic carbocycles. The van der Waals surface area contributed by atoms with E-state index in [1.165, 1.54) is 19.2 Å². The van der Waals surface area contributed by atoms with Crippen LogP contribution in [0.2, 0.25) is 0 Å². The predicted molar refractivity (Wildman–Crippen MR) is 106 cm³/mol. The lowest BCUT2D eigenvalue weighted by molar-refractivity contribution is -0.671. The van der Waals surface area contributed by atoms with Crippen molar-refractivity contribution in [2.45, 2.75) is 19.3 Å². The Balaban J connectivity index is 1.97. The summed E-state index contributed by atoms with van der Waals surface area (Å²) < 4.78 is 5.90. The van der Waals surface area contributed by atoms with Crippen LogP contribution in [0.3, 0.4) is 0 Å². The molecule has 0 radical (unpaired) electrons. The highest BCUT2D eigenvalue weighted by Crippen LogP contribution is 2.32. The number of aromatic nitrogens is 2. The first-order valence-corrected chi connectivity index (χ1v) is 9.28. The molecule has 27 heavy (non-hydrogen) atoms. The van der Waals surface area contributed by atoms with E-state index in [9.17, 15) is 10.0 Å². The summed E-state index contributed by atoms with van der Waals surface area (Å²) in [5.41, 5.74) is 3.18. The molecule has 0 bridgehead atoms. The van der Waals surface area contributed by atoms with Gasteiger partial charge in [-0.05, 0) is 40.6 Å². The first-order valence-electron chi connectivity index (χ1n) is 8.48. The average molecular weight is 427 g/mol. The Morgan fingerprint density at radius 3 is 2.48 bits per heavy atom. The Hall–Kier alpha value is -2.73. The van der Waals surface area contributed by atoms with E-state index in [0.717, 1.165) is 21.2 Å². The van der Waals surface area contributed by atoms with E-state index in [1.807, 2.05) is 55.5 Å². The van der Waals surface area contributed by atoms with Gasteiger partial charge >= 0.3 is 0 Å². The summed E-state index contributed by atoms with van der Waals surface area (Å²) in [5, 5.41) is 15.8. The van der Waals surface area contributed by atoms with Gasteiger partial charge in [-0.3, -0.25) is 4.79 Å². The van der Waals surface area contributed by atoms with Gasteiger partial charge in [-0.25, -0.2) is 0 Å². The summed E-state index contributed by atoms with van der Waals surface area (Å²) in [6.45, 7) is 2.02. The molecule has 0 unspecified atom stereocenters. The molecule has 1 heterocycles. The van der Waals surface area contributed by atoms with Crippen LogP contribution in [-0.2, 0) is 0 Å². The molecule has 0 aliphatic carbocycles. The molecular formula is C21H19BrN2O3. The molecule has 5 nitrogen and oxygen atoms in total. The van der Waals surface area contributed by atoms with E-state index >= 15 is 0 Å². The molecule has 0 saturated carbocycles. The molecule has 0 spiro atoms. The van der Waals surface area contributed by atoms with Gasteiger partial charge in [-0.2, -0.15) is 0 Å². The lowest BCUT2D eigenvalue weighted by Crippen LogP contribution is -2.39. The number of nitrogens with zero attached hydrogens (tertiary/aromatic N) is 2. The number of halogens is 1. The summed E-state index contributed by atoms with van der Waals surface area (Å²) in [6, 6.07) is 18.8. The third kappa shape index (κ3) is 4.34. The first kappa shape index (κ1) is 19.0. The van der Waals surface area contributed by atoms with E-state index in [2.05, 4.69) is 21.0 Å². The molecule has 3 aromatic rings. The van der Waals surface area contributed by atoms with Crippen molar-refractivity contribution < 1.29 is 14.4 Å². The highest BCUT2D eigenvalue weighted by molar-refractivity contribution is 9.10. The quantitative estimate of drug-likeness (QED) is 0.336. The highest BCUT2D eigenvalue weighted by atomic mass is 79.9. The zero-order valence-corrected chi connectivity index (χ0v) is 16.6. The molecule has 6 heteroatoms. The number of methoxy groups -OCH3 is 1. The number of ketones is 1. The maximum absolute atomic E-state index is 12.9. The molecule has 0 aliphatic rings. The van der Waals surface area contributed by atoms with Gasteiger partial charge in [0.25, 0.3) is 11.6 Å². The van der Waals surface area contributed by atoms with Gasteiger partial charge in [0.05, 0.1) is 12.2 Å². The Kier molecular flexibility index (Phi) is 5.86. The topological polar surface area (TPSA) is 66.1 Å². The Bertz CT molecular complexity index is 958. The molecule has 1 atom stereocenters. The van der Waals surface area contributed by atoms with Crippen LogP contribution in [0.15, 0.2) is 65.1 Å². The van der Waals surface area contributed by atoms with Gasteiger partial charge in [0.1, 0.15) is 0 Å². The van der Waals surface area contributed by atoms with E-state index in [0.29, 0.717) is 4.85 Å². The van der Waals surface area contributed by atoms with E-state index < -0.39 is 0 Å². The summed E-state index contributed by atoms with van der Waals surface area (Å²) in [5.74, 6) is -0.255. The standard InChI is InChI=1S/C21H19BrN2O3/c1-14-5-3-4-6-17(14)18(15-7-9-16(22)10-8-15)13-20(25)19-11-12-21(27-2)23-24(19)26/h3-12,18H,13H2,1-2H3/t18-/m1/s1. The van der Waals surface area contributed by atoms with Crippen LogP contribution in [-0.4, -0.2) is 18.0 Å². The molecule has 3 rings (SSSR count). The SMILES string of the molecule is COc1ccc(C(=O)C[C@H](c2ccc(Br)cc2)c2ccccc2C)[n+]([O-])n1. The fraction of sp³-hybridized carbons (Fsp3) is 0.190. The second-order valence-electron chi connectivity index (χ2n) is 6.22. The lowest BCUT2D eigenvalue weighted by Gasteiger charge is -2.19. The van der Waals surface area contributed by atoms with Crippen molar-refractivity contribution in [3.8, 4) is 5.88 Å². The number of ether oxygens (including phenoxy) is 1. The number of Topliss-reactive ketones (excluding diaryl/α,β-unsaturated/α-hetero) is 1. The molecule has 1 aromatic heterocycles. The fourth-order valence-electron chi connectivity index (χ4n) is 3.07. The second kappa shape index (κ2) is 8.31. The third-order valence-corrected chi connectivity index (χ3v) is 5.03. The van der Waals surface area contributed by atoms with Crippen molar-refractivity contribution in [3.63, 3.8) is 0 Å². The van der Waals surface area contributed by atoms with Crippen LogP contribution in [0.4, 0.5) is 0 Å². The molecule has 0 saturated heterocycles. The fourth-order valence-corrected chi connectivity index (χ4v) is 3.33. The van der Waals surface area contributed by atoms with Crippen LogP contribution in [0.1, 0.15) is 39.5 Å². The maximum atomic E-state index is 12.9. The summed E-state index contributed by atoms with van der Waals surface area (Å²) in [4.78, 5) is 13.2. The number of carbonyl (C=O) groups excluding carboxylic acids is 1. The van der Waals surface area contributed by atoms with Crippen LogP contribution in [0.25, 0.3) is 0 Å². The van der Waals surface area contributed by atoms with Crippen molar-refractivity contribution in [2.75, 3.05) is 7.11 Å². The Morgan fingerprint density at radius 2 is 1.85 bits per heavy atom. The van der Waals surface area contributed by atoms with Gasteiger partial charge in [0, 0.05) is 28.9 Å². The average Bonchev–Trinajstić information content (AvgIpc) is 2.67. The van der Waals surface area contributed by atoms with E-state index in [-0.39, 0.29) is 29.7 Å². The van der Waals surface area contributed by atoms with Crippen LogP contribution < -0.4 is 9.58 Å². The third-order valence-electron chi connectivity index (χ3n) is 4.50. The van der Waals surface area contributed by atoms with Crippen molar-refractivity contribution >= 4 is 21.7 Å². The van der Waals surface area contributed by atoms with Crippen molar-refractivity contribution in [2.24, 2.45) is 0 Å². The summed E-state index contributed by atoms with van der Waals surface area (Å²) in [7, 11) is 1.42. The van der Waals surface area contributed by atoms with E-state index in [1.54, 1.807) is 0 Å². The summed E-state index contributed by atoms with van der Waals surface area (Å²) >= 11 is 3.44. The van der Waals surface area contributed by atoms with Crippen LogP contribution >= 0.6 is 15.9 Å². The van der Waals surface area contributed by atoms with Gasteiger partial charge in [0.2, 0.25) is 5.78 Å². The minimum Gasteiger partial charge on any atom is -0.594 e. The van der Waals surface area contributed by atoms with Crippen LogP contribution in [0.5, 0.6) is 5.88 Å². The van der Waals surface area contributed by atoms with Crippen molar-refractivity contribution in [3.05, 3.63) is 92.7 Å². The minimum atomic E-state index is -0.267. The predicted octanol–water partition coefficient (Wildman–Crippen LogP) is 4.20. The molecule has 138 valence electrons. The minimum absolute atomic E-state index is 0.00601. The van der Waals surface area contributed by atoms with Crippen LogP contribution in [0, 0.1) is 12.1 Å². The van der Waals surface area contributed by atoms with Crippen molar-refractivity contribution in [1.82, 2.24) is 5.10 Å². The maximum Gasteiger partial charge on any atom is 0.287 e. The normalized spacial score (nSPS) is 11.8. The number of aryl methyl sites for hydroxylation is 1. The number of benzene rings is 2. The zero-order valence-electron chi connectivity index (χ0n) is 15.1. The summed E-state index contributed by atoms with van der Waals surface area (Å²) in [6.07, 6.45) is 0.169. The largest absolute Gasteiger partial charge is 0.594 e. The molecule has 0 fully saturated rings. The molecule has 0 amide bonds. The monoisotopic (exact) mass is 426 g/mol. The van der Waals surface area contributed by atoms with Gasteiger partial charge in [-0.1, -0.05) is 52.3 Å². The zero-order chi connectivity index (χ0) is 19.4. The highest BCUT2D eigenvalue weighted by Gasteiger charge is 2.25. The Morgan fingerprint density at radius 1 is 1.15 bits per heavy atom. The molecular weight excluding hydrogens is 408 g/mol. The molecule has 0 N–H and O–H groups in total. The number of hydrogen-bond donors (Lipinski definition) is 0. The van der Waals surface area contributed by atoms with Gasteiger partial charge in [-0.15, -0.1) is 0 Å². The van der Waals surface area contributed by atoms with Gasteiger partial charge < -0.3 is 9.94 Å². The number of rotatable bonds is 6. The Labute approximate surface area is 166 Å². The smallest absolute Gasteiger partial charge is 0.287 e. The van der Waals surface area contributed by atoms with E-state index in [4.69, 9.17) is 4.74 Å². The molecule has 0 aliphatic heterocycles. The second-order valence-corrected chi connectivity index (χ2v) is 7.14. The van der Waals surface area contributed by atoms with Crippen molar-refractivity contribution in [1.29, 1.82) is 0 Å².